The average Bonchev–Trinajstić information content (AvgIpc) is 2.44. The van der Waals surface area contributed by atoms with Crippen molar-refractivity contribution in [1.82, 2.24) is 15.5 Å². The van der Waals surface area contributed by atoms with E-state index >= 15 is 0 Å². The summed E-state index contributed by atoms with van der Waals surface area (Å²) in [6, 6.07) is 6.91. The van der Waals surface area contributed by atoms with E-state index in [1.54, 1.807) is 24.3 Å². The zero-order chi connectivity index (χ0) is 15.4. The lowest BCUT2D eigenvalue weighted by Gasteiger charge is -2.25. The third kappa shape index (κ3) is 3.88. The second kappa shape index (κ2) is 6.17. The second-order valence-electron chi connectivity index (χ2n) is 4.77. The fourth-order valence-corrected chi connectivity index (χ4v) is 1.89. The lowest BCUT2D eigenvalue weighted by atomic mass is 10.1. The van der Waals surface area contributed by atoms with Crippen molar-refractivity contribution in [3.63, 3.8) is 0 Å². The van der Waals surface area contributed by atoms with E-state index in [2.05, 4.69) is 10.6 Å². The molecule has 0 aliphatic carbocycles. The highest BCUT2D eigenvalue weighted by Crippen LogP contribution is 2.03. The van der Waals surface area contributed by atoms with Gasteiger partial charge >= 0.3 is 0 Å². The van der Waals surface area contributed by atoms with Crippen LogP contribution in [0.25, 0.3) is 0 Å². The molecular formula is C14H15N3O4. The standard InChI is InChI=1S/C14H15N3O4/c1-9-2-4-10(5-3-9)14(21)15-6-13(20)17-7-11(18)16-12(19)8-17/h2-5H,6-8H2,1H3,(H,15,21)(H,16,18,19). The number of nitrogens with zero attached hydrogens (tertiary/aromatic N) is 1. The Hall–Kier alpha value is -2.70. The fraction of sp³-hybridized carbons (Fsp3) is 0.286. The van der Waals surface area contributed by atoms with E-state index in [1.165, 1.54) is 0 Å². The zero-order valence-corrected chi connectivity index (χ0v) is 11.5. The summed E-state index contributed by atoms with van der Waals surface area (Å²) < 4.78 is 0. The maximum absolute atomic E-state index is 11.9. The number of aryl methyl sites for hydroxylation is 1. The van der Waals surface area contributed by atoms with E-state index < -0.39 is 17.7 Å². The largest absolute Gasteiger partial charge is 0.343 e. The van der Waals surface area contributed by atoms with Gasteiger partial charge in [0.15, 0.2) is 0 Å². The van der Waals surface area contributed by atoms with E-state index in [4.69, 9.17) is 0 Å². The Bertz CT molecular complexity index is 579. The SMILES string of the molecule is Cc1ccc(C(=O)NCC(=O)N2CC(=O)NC(=O)C2)cc1. The Balaban J connectivity index is 1.88. The van der Waals surface area contributed by atoms with Crippen LogP contribution in [0, 0.1) is 6.92 Å². The first-order valence-electron chi connectivity index (χ1n) is 6.41. The Morgan fingerprint density at radius 1 is 1.14 bits per heavy atom. The molecule has 0 aromatic heterocycles. The molecule has 0 bridgehead atoms. The quantitative estimate of drug-likeness (QED) is 0.713. The number of piperazine rings is 1. The second-order valence-corrected chi connectivity index (χ2v) is 4.77. The van der Waals surface area contributed by atoms with Gasteiger partial charge in [-0.1, -0.05) is 17.7 Å². The lowest BCUT2D eigenvalue weighted by Crippen LogP contribution is -2.55. The van der Waals surface area contributed by atoms with Crippen LogP contribution in [0.2, 0.25) is 0 Å². The minimum atomic E-state index is -0.524. The molecule has 0 unspecified atom stereocenters. The van der Waals surface area contributed by atoms with Crippen molar-refractivity contribution in [2.75, 3.05) is 19.6 Å². The molecule has 0 spiro atoms. The van der Waals surface area contributed by atoms with Crippen molar-refractivity contribution in [1.29, 1.82) is 0 Å². The first-order valence-corrected chi connectivity index (χ1v) is 6.41. The molecule has 1 heterocycles. The monoisotopic (exact) mass is 289 g/mol. The number of rotatable bonds is 3. The highest BCUT2D eigenvalue weighted by atomic mass is 16.2. The molecule has 7 heteroatoms. The normalized spacial score (nSPS) is 14.6. The smallest absolute Gasteiger partial charge is 0.251 e. The Morgan fingerprint density at radius 3 is 2.29 bits per heavy atom. The van der Waals surface area contributed by atoms with Gasteiger partial charge in [0.05, 0.1) is 6.54 Å². The average molecular weight is 289 g/mol. The van der Waals surface area contributed by atoms with Gasteiger partial charge in [0.2, 0.25) is 17.7 Å². The number of hydrogen-bond donors (Lipinski definition) is 2. The predicted octanol–water partition coefficient (Wildman–Crippen LogP) is -0.790. The molecule has 110 valence electrons. The number of imide groups is 1. The third-order valence-electron chi connectivity index (χ3n) is 3.01. The van der Waals surface area contributed by atoms with Crippen LogP contribution in [-0.2, 0) is 14.4 Å². The van der Waals surface area contributed by atoms with Crippen LogP contribution in [0.3, 0.4) is 0 Å². The molecule has 1 fully saturated rings. The minimum absolute atomic E-state index is 0.176. The Morgan fingerprint density at radius 2 is 1.71 bits per heavy atom. The van der Waals surface area contributed by atoms with Gasteiger partial charge in [-0.3, -0.25) is 24.5 Å². The van der Waals surface area contributed by atoms with Crippen molar-refractivity contribution in [2.24, 2.45) is 0 Å². The number of carbonyl (C=O) groups excluding carboxylic acids is 4. The first-order chi connectivity index (χ1) is 9.95. The summed E-state index contributed by atoms with van der Waals surface area (Å²) in [5.41, 5.74) is 1.47. The molecule has 0 atom stereocenters. The molecule has 1 aliphatic heterocycles. The van der Waals surface area contributed by atoms with Crippen LogP contribution in [0.4, 0.5) is 0 Å². The number of nitrogens with one attached hydrogen (secondary N) is 2. The van der Waals surface area contributed by atoms with Gasteiger partial charge < -0.3 is 10.2 Å². The van der Waals surface area contributed by atoms with Gasteiger partial charge in [-0.2, -0.15) is 0 Å². The number of benzene rings is 1. The predicted molar refractivity (Wildman–Crippen MR) is 73.2 cm³/mol. The molecule has 4 amide bonds. The van der Waals surface area contributed by atoms with Crippen molar-refractivity contribution in [2.45, 2.75) is 6.92 Å². The van der Waals surface area contributed by atoms with Gasteiger partial charge in [-0.15, -0.1) is 0 Å². The van der Waals surface area contributed by atoms with E-state index in [-0.39, 0.29) is 25.5 Å². The fourth-order valence-electron chi connectivity index (χ4n) is 1.89. The highest BCUT2D eigenvalue weighted by Gasteiger charge is 2.26. The number of hydrogen-bond acceptors (Lipinski definition) is 4. The molecule has 1 saturated heterocycles. The summed E-state index contributed by atoms with van der Waals surface area (Å²) in [5.74, 6) is -1.90. The summed E-state index contributed by atoms with van der Waals surface area (Å²) >= 11 is 0. The van der Waals surface area contributed by atoms with Crippen molar-refractivity contribution >= 4 is 23.6 Å². The van der Waals surface area contributed by atoms with E-state index in [0.717, 1.165) is 10.5 Å². The number of amides is 4. The van der Waals surface area contributed by atoms with Gasteiger partial charge in [-0.25, -0.2) is 0 Å². The molecule has 0 saturated carbocycles. The molecule has 2 rings (SSSR count). The van der Waals surface area contributed by atoms with Crippen LogP contribution in [0.5, 0.6) is 0 Å². The van der Waals surface area contributed by atoms with E-state index in [0.29, 0.717) is 5.56 Å². The van der Waals surface area contributed by atoms with Crippen LogP contribution in [0.1, 0.15) is 15.9 Å². The lowest BCUT2D eigenvalue weighted by molar-refractivity contribution is -0.144. The third-order valence-corrected chi connectivity index (χ3v) is 3.01. The molecular weight excluding hydrogens is 274 g/mol. The molecule has 1 aromatic rings. The Kier molecular flexibility index (Phi) is 4.32. The van der Waals surface area contributed by atoms with E-state index in [1.807, 2.05) is 6.92 Å². The molecule has 0 radical (unpaired) electrons. The van der Waals surface area contributed by atoms with Gasteiger partial charge in [0.25, 0.3) is 5.91 Å². The van der Waals surface area contributed by atoms with Crippen molar-refractivity contribution < 1.29 is 19.2 Å². The van der Waals surface area contributed by atoms with Crippen LogP contribution < -0.4 is 10.6 Å². The highest BCUT2D eigenvalue weighted by molar-refractivity contribution is 6.03. The van der Waals surface area contributed by atoms with Gasteiger partial charge in [0.1, 0.15) is 13.1 Å². The summed E-state index contributed by atoms with van der Waals surface area (Å²) in [5, 5.41) is 4.57. The summed E-state index contributed by atoms with van der Waals surface area (Å²) in [6.45, 7) is 1.30. The summed E-state index contributed by atoms with van der Waals surface area (Å²) in [4.78, 5) is 47.1. The summed E-state index contributed by atoms with van der Waals surface area (Å²) in [6.07, 6.45) is 0. The minimum Gasteiger partial charge on any atom is -0.343 e. The topological polar surface area (TPSA) is 95.6 Å². The van der Waals surface area contributed by atoms with Crippen LogP contribution in [-0.4, -0.2) is 48.2 Å². The van der Waals surface area contributed by atoms with Gasteiger partial charge in [-0.05, 0) is 19.1 Å². The molecule has 2 N–H and O–H groups in total. The van der Waals surface area contributed by atoms with Crippen molar-refractivity contribution in [3.05, 3.63) is 35.4 Å². The van der Waals surface area contributed by atoms with Gasteiger partial charge in [0, 0.05) is 5.56 Å². The molecule has 21 heavy (non-hydrogen) atoms. The Labute approximate surface area is 121 Å². The van der Waals surface area contributed by atoms with E-state index in [9.17, 15) is 19.2 Å². The van der Waals surface area contributed by atoms with Crippen LogP contribution >= 0.6 is 0 Å². The maximum atomic E-state index is 11.9. The molecule has 1 aliphatic rings. The van der Waals surface area contributed by atoms with Crippen molar-refractivity contribution in [3.8, 4) is 0 Å². The maximum Gasteiger partial charge on any atom is 0.251 e. The molecule has 1 aromatic carbocycles. The zero-order valence-electron chi connectivity index (χ0n) is 11.5. The number of carbonyl (C=O) groups is 4. The summed E-state index contributed by atoms with van der Waals surface area (Å²) in [7, 11) is 0. The first kappa shape index (κ1) is 14.7. The van der Waals surface area contributed by atoms with Crippen LogP contribution in [0.15, 0.2) is 24.3 Å². The molecule has 7 nitrogen and oxygen atoms in total.